The highest BCUT2D eigenvalue weighted by Gasteiger charge is 2.12. The first-order valence-corrected chi connectivity index (χ1v) is 7.27. The van der Waals surface area contributed by atoms with Gasteiger partial charge in [-0.15, -0.1) is 11.3 Å². The van der Waals surface area contributed by atoms with Crippen molar-refractivity contribution in [3.05, 3.63) is 53.0 Å². The smallest absolute Gasteiger partial charge is 0.356 e. The van der Waals surface area contributed by atoms with Crippen molar-refractivity contribution in [1.82, 2.24) is 4.98 Å². The van der Waals surface area contributed by atoms with E-state index >= 15 is 0 Å². The Morgan fingerprint density at radius 3 is 2.67 bits per heavy atom. The number of nitrogens with zero attached hydrogens (tertiary/aromatic N) is 1. The fourth-order valence-corrected chi connectivity index (χ4v) is 3.03. The second-order valence-electron chi connectivity index (χ2n) is 4.54. The first kappa shape index (κ1) is 13.7. The molecule has 5 heteroatoms. The van der Waals surface area contributed by atoms with E-state index in [9.17, 15) is 4.79 Å². The number of rotatable bonds is 3. The van der Waals surface area contributed by atoms with Gasteiger partial charge in [0.05, 0.1) is 23.9 Å². The molecule has 0 bridgehead atoms. The lowest BCUT2D eigenvalue weighted by Crippen LogP contribution is -2.03. The number of hydrogen-bond acceptors (Lipinski definition) is 5. The summed E-state index contributed by atoms with van der Waals surface area (Å²) in [4.78, 5) is 16.0. The number of methoxy groups -OCH3 is 1. The van der Waals surface area contributed by atoms with Gasteiger partial charge in [-0.05, 0) is 23.3 Å². The van der Waals surface area contributed by atoms with Crippen LogP contribution in [-0.2, 0) is 11.3 Å². The zero-order valence-electron chi connectivity index (χ0n) is 11.4. The van der Waals surface area contributed by atoms with Gasteiger partial charge in [-0.1, -0.05) is 24.3 Å². The van der Waals surface area contributed by atoms with Crippen LogP contribution >= 0.6 is 11.3 Å². The maximum atomic E-state index is 11.6. The topological polar surface area (TPSA) is 59.4 Å². The van der Waals surface area contributed by atoms with E-state index < -0.39 is 5.97 Å². The van der Waals surface area contributed by atoms with Crippen LogP contribution in [0.2, 0.25) is 0 Å². The van der Waals surface area contributed by atoms with Crippen LogP contribution < -0.4 is 0 Å². The summed E-state index contributed by atoms with van der Waals surface area (Å²) in [7, 11) is 1.34. The molecule has 0 aliphatic heterocycles. The highest BCUT2D eigenvalue weighted by Crippen LogP contribution is 2.33. The molecule has 21 heavy (non-hydrogen) atoms. The van der Waals surface area contributed by atoms with Crippen LogP contribution in [0.3, 0.4) is 0 Å². The van der Waals surface area contributed by atoms with E-state index in [2.05, 4.69) is 4.98 Å². The van der Waals surface area contributed by atoms with Gasteiger partial charge in [0.15, 0.2) is 0 Å². The number of aliphatic hydroxyl groups is 1. The number of carbonyl (C=O) groups is 1. The molecule has 2 aromatic heterocycles. The zero-order valence-corrected chi connectivity index (χ0v) is 12.2. The van der Waals surface area contributed by atoms with Crippen LogP contribution in [0.4, 0.5) is 0 Å². The summed E-state index contributed by atoms with van der Waals surface area (Å²) in [5.41, 5.74) is 3.94. The normalized spacial score (nSPS) is 10.8. The third-order valence-electron chi connectivity index (χ3n) is 3.26. The Morgan fingerprint density at radius 2 is 2.00 bits per heavy atom. The van der Waals surface area contributed by atoms with Crippen LogP contribution in [0.15, 0.2) is 41.8 Å². The van der Waals surface area contributed by atoms with Crippen molar-refractivity contribution in [3.8, 4) is 11.1 Å². The summed E-state index contributed by atoms with van der Waals surface area (Å²) in [6, 6.07) is 11.2. The lowest BCUT2D eigenvalue weighted by molar-refractivity contribution is 0.0594. The van der Waals surface area contributed by atoms with Crippen LogP contribution in [0.25, 0.3) is 21.3 Å². The van der Waals surface area contributed by atoms with Crippen molar-refractivity contribution in [3.63, 3.8) is 0 Å². The highest BCUT2D eigenvalue weighted by atomic mass is 32.1. The number of aromatic nitrogens is 1. The Kier molecular flexibility index (Phi) is 3.68. The molecule has 0 radical (unpaired) electrons. The average Bonchev–Trinajstić information content (AvgIpc) is 2.97. The van der Waals surface area contributed by atoms with Crippen molar-refractivity contribution in [1.29, 1.82) is 0 Å². The number of hydrogen-bond donors (Lipinski definition) is 1. The van der Waals surface area contributed by atoms with Gasteiger partial charge in [0.2, 0.25) is 0 Å². The number of pyridine rings is 1. The van der Waals surface area contributed by atoms with Crippen LogP contribution in [-0.4, -0.2) is 23.2 Å². The largest absolute Gasteiger partial charge is 0.464 e. The molecule has 0 saturated heterocycles. The summed E-state index contributed by atoms with van der Waals surface area (Å²) in [6.07, 6.45) is 0. The number of fused-ring (bicyclic) bond motifs is 1. The minimum absolute atomic E-state index is 0.0232. The minimum Gasteiger partial charge on any atom is -0.464 e. The molecule has 2 heterocycles. The van der Waals surface area contributed by atoms with Crippen molar-refractivity contribution < 1.29 is 14.6 Å². The number of thiophene rings is 1. The van der Waals surface area contributed by atoms with E-state index in [1.54, 1.807) is 17.4 Å². The molecule has 0 fully saturated rings. The molecule has 0 saturated carbocycles. The molecule has 0 amide bonds. The number of ether oxygens (including phenoxy) is 1. The Bertz CT molecular complexity index is 793. The van der Waals surface area contributed by atoms with E-state index in [1.165, 1.54) is 7.11 Å². The summed E-state index contributed by atoms with van der Waals surface area (Å²) >= 11 is 1.58. The van der Waals surface area contributed by atoms with E-state index in [0.29, 0.717) is 5.69 Å². The molecule has 3 rings (SSSR count). The second-order valence-corrected chi connectivity index (χ2v) is 5.45. The molecule has 1 N–H and O–H groups in total. The standard InChI is InChI=1S/C16H13NO3S/c1-20-16(19)13-6-7-14-15(17-13)12(9-21-14)11-4-2-10(8-18)3-5-11/h2-7,9,18H,8H2,1H3. The van der Waals surface area contributed by atoms with E-state index in [-0.39, 0.29) is 6.61 Å². The molecule has 4 nitrogen and oxygen atoms in total. The molecule has 3 aromatic rings. The van der Waals surface area contributed by atoms with Crippen molar-refractivity contribution in [2.24, 2.45) is 0 Å². The van der Waals surface area contributed by atoms with Gasteiger partial charge < -0.3 is 9.84 Å². The third-order valence-corrected chi connectivity index (χ3v) is 4.20. The Hall–Kier alpha value is -2.24. The first-order valence-electron chi connectivity index (χ1n) is 6.39. The molecule has 0 aliphatic carbocycles. The highest BCUT2D eigenvalue weighted by molar-refractivity contribution is 7.17. The number of carbonyl (C=O) groups excluding carboxylic acids is 1. The Balaban J connectivity index is 2.11. The maximum Gasteiger partial charge on any atom is 0.356 e. The summed E-state index contributed by atoms with van der Waals surface area (Å²) in [6.45, 7) is 0.0232. The number of aliphatic hydroxyl groups excluding tert-OH is 1. The van der Waals surface area contributed by atoms with Gasteiger partial charge in [0.25, 0.3) is 0 Å². The fraction of sp³-hybridized carbons (Fsp3) is 0.125. The molecule has 1 aromatic carbocycles. The van der Waals surface area contributed by atoms with E-state index in [4.69, 9.17) is 9.84 Å². The third kappa shape index (κ3) is 2.53. The number of esters is 1. The van der Waals surface area contributed by atoms with Crippen molar-refractivity contribution >= 4 is 27.5 Å². The lowest BCUT2D eigenvalue weighted by Gasteiger charge is -2.03. The molecular formula is C16H13NO3S. The predicted octanol–water partition coefficient (Wildman–Crippen LogP) is 3.24. The fourth-order valence-electron chi connectivity index (χ4n) is 2.13. The Labute approximate surface area is 125 Å². The molecular weight excluding hydrogens is 286 g/mol. The zero-order chi connectivity index (χ0) is 14.8. The summed E-state index contributed by atoms with van der Waals surface area (Å²) in [5, 5.41) is 11.1. The molecule has 0 atom stereocenters. The van der Waals surface area contributed by atoms with Gasteiger partial charge >= 0.3 is 5.97 Å². The maximum absolute atomic E-state index is 11.6. The van der Waals surface area contributed by atoms with E-state index in [0.717, 1.165) is 26.9 Å². The number of benzene rings is 1. The quantitative estimate of drug-likeness (QED) is 0.754. The second kappa shape index (κ2) is 5.63. The van der Waals surface area contributed by atoms with Gasteiger partial charge in [-0.3, -0.25) is 0 Å². The van der Waals surface area contributed by atoms with Crippen LogP contribution in [0.5, 0.6) is 0 Å². The average molecular weight is 299 g/mol. The molecule has 106 valence electrons. The predicted molar refractivity (Wildman–Crippen MR) is 82.3 cm³/mol. The lowest BCUT2D eigenvalue weighted by atomic mass is 10.1. The van der Waals surface area contributed by atoms with E-state index in [1.807, 2.05) is 35.7 Å². The van der Waals surface area contributed by atoms with Crippen molar-refractivity contribution in [2.45, 2.75) is 6.61 Å². The van der Waals surface area contributed by atoms with Crippen molar-refractivity contribution in [2.75, 3.05) is 7.11 Å². The first-order chi connectivity index (χ1) is 10.2. The van der Waals surface area contributed by atoms with Gasteiger partial charge in [-0.2, -0.15) is 0 Å². The molecule has 0 unspecified atom stereocenters. The summed E-state index contributed by atoms with van der Waals surface area (Å²) in [5.74, 6) is -0.440. The monoisotopic (exact) mass is 299 g/mol. The van der Waals surface area contributed by atoms with Crippen LogP contribution in [0, 0.1) is 0 Å². The Morgan fingerprint density at radius 1 is 1.24 bits per heavy atom. The molecule has 0 aliphatic rings. The van der Waals surface area contributed by atoms with Gasteiger partial charge in [-0.25, -0.2) is 9.78 Å². The van der Waals surface area contributed by atoms with Crippen LogP contribution in [0.1, 0.15) is 16.1 Å². The SMILES string of the molecule is COC(=O)c1ccc2scc(-c3ccc(CO)cc3)c2n1. The minimum atomic E-state index is -0.440. The summed E-state index contributed by atoms with van der Waals surface area (Å²) < 4.78 is 5.73. The van der Waals surface area contributed by atoms with Gasteiger partial charge in [0, 0.05) is 10.9 Å². The molecule has 0 spiro atoms. The van der Waals surface area contributed by atoms with Gasteiger partial charge in [0.1, 0.15) is 5.69 Å².